The maximum atomic E-state index is 13.0. The molecule has 0 spiro atoms. The first-order valence-electron chi connectivity index (χ1n) is 8.83. The molecule has 5 nitrogen and oxygen atoms in total. The highest BCUT2D eigenvalue weighted by Crippen LogP contribution is 2.28. The van der Waals surface area contributed by atoms with Gasteiger partial charge < -0.3 is 4.84 Å². The van der Waals surface area contributed by atoms with Gasteiger partial charge >= 0.3 is 0 Å². The SMILES string of the molecule is CCCc1ccc(-c2ccccc2S(=O)(=O)NC2ON=C(C)C2C)cc1. The minimum absolute atomic E-state index is 0.106. The van der Waals surface area contributed by atoms with Crippen LogP contribution < -0.4 is 4.72 Å². The maximum Gasteiger partial charge on any atom is 0.244 e. The Labute approximate surface area is 155 Å². The van der Waals surface area contributed by atoms with Crippen molar-refractivity contribution in [2.24, 2.45) is 11.1 Å². The summed E-state index contributed by atoms with van der Waals surface area (Å²) in [6.07, 6.45) is 1.41. The average Bonchev–Trinajstić information content (AvgIpc) is 2.94. The predicted octanol–water partition coefficient (Wildman–Crippen LogP) is 3.95. The number of rotatable bonds is 6. The van der Waals surface area contributed by atoms with Gasteiger partial charge in [0, 0.05) is 5.56 Å². The Morgan fingerprint density at radius 3 is 2.42 bits per heavy atom. The van der Waals surface area contributed by atoms with Crippen LogP contribution in [0.2, 0.25) is 0 Å². The van der Waals surface area contributed by atoms with E-state index in [-0.39, 0.29) is 10.8 Å². The Morgan fingerprint density at radius 1 is 1.12 bits per heavy atom. The standard InChI is InChI=1S/C20H24N2O3S/c1-4-7-16-10-12-17(13-11-16)18-8-5-6-9-19(18)26(23,24)22-20-14(2)15(3)21-25-20/h5-6,8-14,20,22H,4,7H2,1-3H3. The molecule has 0 aliphatic carbocycles. The molecule has 0 radical (unpaired) electrons. The molecule has 1 heterocycles. The largest absolute Gasteiger partial charge is 0.375 e. The fourth-order valence-corrected chi connectivity index (χ4v) is 4.37. The average molecular weight is 372 g/mol. The molecule has 138 valence electrons. The summed E-state index contributed by atoms with van der Waals surface area (Å²) in [5.74, 6) is -0.106. The zero-order chi connectivity index (χ0) is 18.7. The van der Waals surface area contributed by atoms with E-state index in [9.17, 15) is 8.42 Å². The molecule has 3 rings (SSSR count). The lowest BCUT2D eigenvalue weighted by Crippen LogP contribution is -2.39. The third-order valence-electron chi connectivity index (χ3n) is 4.67. The van der Waals surface area contributed by atoms with Crippen molar-refractivity contribution in [3.8, 4) is 11.1 Å². The van der Waals surface area contributed by atoms with E-state index >= 15 is 0 Å². The number of nitrogens with one attached hydrogen (secondary N) is 1. The van der Waals surface area contributed by atoms with Crippen LogP contribution in [0.1, 0.15) is 32.8 Å². The Morgan fingerprint density at radius 2 is 1.81 bits per heavy atom. The molecule has 0 aromatic heterocycles. The molecule has 0 bridgehead atoms. The van der Waals surface area contributed by atoms with E-state index in [0.717, 1.165) is 24.1 Å². The number of benzene rings is 2. The predicted molar refractivity (Wildman–Crippen MR) is 103 cm³/mol. The van der Waals surface area contributed by atoms with Gasteiger partial charge in [0.2, 0.25) is 10.0 Å². The van der Waals surface area contributed by atoms with E-state index in [1.54, 1.807) is 12.1 Å². The van der Waals surface area contributed by atoms with Crippen LogP contribution in [0.4, 0.5) is 0 Å². The first-order chi connectivity index (χ1) is 12.4. The molecule has 2 unspecified atom stereocenters. The first-order valence-corrected chi connectivity index (χ1v) is 10.3. The van der Waals surface area contributed by atoms with E-state index in [0.29, 0.717) is 5.56 Å². The molecule has 0 fully saturated rings. The van der Waals surface area contributed by atoms with Crippen molar-refractivity contribution < 1.29 is 13.3 Å². The molecular weight excluding hydrogens is 348 g/mol. The number of sulfonamides is 1. The van der Waals surface area contributed by atoms with Crippen molar-refractivity contribution in [2.45, 2.75) is 44.7 Å². The minimum Gasteiger partial charge on any atom is -0.375 e. The molecule has 1 aliphatic heterocycles. The van der Waals surface area contributed by atoms with E-state index in [2.05, 4.69) is 28.9 Å². The van der Waals surface area contributed by atoms with Crippen LogP contribution in [0, 0.1) is 5.92 Å². The second kappa shape index (κ2) is 7.60. The summed E-state index contributed by atoms with van der Waals surface area (Å²) in [4.78, 5) is 5.46. The highest BCUT2D eigenvalue weighted by atomic mass is 32.2. The van der Waals surface area contributed by atoms with Crippen molar-refractivity contribution in [3.63, 3.8) is 0 Å². The number of hydrogen-bond donors (Lipinski definition) is 1. The molecule has 26 heavy (non-hydrogen) atoms. The molecule has 0 saturated carbocycles. The highest BCUT2D eigenvalue weighted by Gasteiger charge is 2.33. The molecule has 1 N–H and O–H groups in total. The quantitative estimate of drug-likeness (QED) is 0.835. The van der Waals surface area contributed by atoms with Gasteiger partial charge in [-0.05, 0) is 30.5 Å². The van der Waals surface area contributed by atoms with Crippen molar-refractivity contribution in [2.75, 3.05) is 0 Å². The minimum atomic E-state index is -3.75. The molecule has 1 aliphatic rings. The first kappa shape index (κ1) is 18.6. The number of nitrogens with zero attached hydrogens (tertiary/aromatic N) is 1. The van der Waals surface area contributed by atoms with E-state index < -0.39 is 16.3 Å². The third kappa shape index (κ3) is 3.81. The summed E-state index contributed by atoms with van der Waals surface area (Å²) < 4.78 is 28.6. The molecule has 6 heteroatoms. The monoisotopic (exact) mass is 372 g/mol. The van der Waals surface area contributed by atoms with Gasteiger partial charge in [-0.2, -0.15) is 4.72 Å². The third-order valence-corrected chi connectivity index (χ3v) is 6.15. The molecule has 0 amide bonds. The van der Waals surface area contributed by atoms with Crippen LogP contribution in [-0.4, -0.2) is 20.4 Å². The lowest BCUT2D eigenvalue weighted by atomic mass is 10.0. The van der Waals surface area contributed by atoms with Gasteiger partial charge in [0.05, 0.1) is 16.5 Å². The van der Waals surface area contributed by atoms with Gasteiger partial charge in [0.15, 0.2) is 6.23 Å². The fraction of sp³-hybridized carbons (Fsp3) is 0.350. The van der Waals surface area contributed by atoms with Gasteiger partial charge in [-0.15, -0.1) is 0 Å². The van der Waals surface area contributed by atoms with E-state index in [1.165, 1.54) is 5.56 Å². The normalized spacial score (nSPS) is 19.9. The van der Waals surface area contributed by atoms with Crippen LogP contribution in [-0.2, 0) is 21.3 Å². The van der Waals surface area contributed by atoms with Crippen LogP contribution in [0.25, 0.3) is 11.1 Å². The van der Waals surface area contributed by atoms with Gasteiger partial charge in [0.25, 0.3) is 0 Å². The maximum absolute atomic E-state index is 13.0. The molecular formula is C20H24N2O3S. The number of aryl methyl sites for hydroxylation is 1. The summed E-state index contributed by atoms with van der Waals surface area (Å²) in [7, 11) is -3.75. The van der Waals surface area contributed by atoms with Crippen molar-refractivity contribution in [1.29, 1.82) is 0 Å². The Hall–Kier alpha value is -2.18. The summed E-state index contributed by atoms with van der Waals surface area (Å²) in [5.41, 5.74) is 3.57. The van der Waals surface area contributed by atoms with E-state index in [1.807, 2.05) is 38.1 Å². The van der Waals surface area contributed by atoms with Crippen molar-refractivity contribution in [1.82, 2.24) is 4.72 Å². The number of oxime groups is 1. The van der Waals surface area contributed by atoms with Gasteiger partial charge in [-0.3, -0.25) is 0 Å². The summed E-state index contributed by atoms with van der Waals surface area (Å²) in [6, 6.07) is 15.1. The lowest BCUT2D eigenvalue weighted by Gasteiger charge is -2.17. The van der Waals surface area contributed by atoms with Crippen LogP contribution in [0.5, 0.6) is 0 Å². The summed E-state index contributed by atoms with van der Waals surface area (Å²) in [6.45, 7) is 5.85. The second-order valence-electron chi connectivity index (χ2n) is 6.61. The van der Waals surface area contributed by atoms with Crippen LogP contribution >= 0.6 is 0 Å². The lowest BCUT2D eigenvalue weighted by molar-refractivity contribution is 0.0576. The molecule has 2 atom stereocenters. The Bertz CT molecular complexity index is 905. The summed E-state index contributed by atoms with van der Waals surface area (Å²) >= 11 is 0. The van der Waals surface area contributed by atoms with Crippen molar-refractivity contribution >= 4 is 15.7 Å². The molecule has 0 saturated heterocycles. The Balaban J connectivity index is 1.91. The zero-order valence-electron chi connectivity index (χ0n) is 15.3. The fourth-order valence-electron chi connectivity index (χ4n) is 2.95. The summed E-state index contributed by atoms with van der Waals surface area (Å²) in [5, 5.41) is 3.87. The molecule has 2 aromatic carbocycles. The Kier molecular flexibility index (Phi) is 5.44. The number of hydrogen-bond acceptors (Lipinski definition) is 4. The zero-order valence-corrected chi connectivity index (χ0v) is 16.1. The smallest absolute Gasteiger partial charge is 0.244 e. The highest BCUT2D eigenvalue weighted by molar-refractivity contribution is 7.89. The van der Waals surface area contributed by atoms with Crippen LogP contribution in [0.15, 0.2) is 58.6 Å². The van der Waals surface area contributed by atoms with Crippen molar-refractivity contribution in [3.05, 3.63) is 54.1 Å². The topological polar surface area (TPSA) is 67.8 Å². The van der Waals surface area contributed by atoms with E-state index in [4.69, 9.17) is 4.84 Å². The van der Waals surface area contributed by atoms with Gasteiger partial charge in [-0.1, -0.05) is 67.9 Å². The van der Waals surface area contributed by atoms with Gasteiger partial charge in [-0.25, -0.2) is 8.42 Å². The van der Waals surface area contributed by atoms with Gasteiger partial charge in [0.1, 0.15) is 0 Å². The molecule has 2 aromatic rings. The second-order valence-corrected chi connectivity index (χ2v) is 8.29. The van der Waals surface area contributed by atoms with Crippen LogP contribution in [0.3, 0.4) is 0 Å².